The highest BCUT2D eigenvalue weighted by molar-refractivity contribution is 6.02. The quantitative estimate of drug-likeness (QED) is 0.859. The lowest BCUT2D eigenvalue weighted by molar-refractivity contribution is 0.0958. The van der Waals surface area contributed by atoms with E-state index in [1.165, 1.54) is 23.2 Å². The van der Waals surface area contributed by atoms with Crippen LogP contribution in [0.5, 0.6) is 5.75 Å². The summed E-state index contributed by atoms with van der Waals surface area (Å²) < 4.78 is 5.16. The Morgan fingerprint density at radius 1 is 1.35 bits per heavy atom. The fourth-order valence-corrected chi connectivity index (χ4v) is 1.39. The molecule has 17 heavy (non-hydrogen) atoms. The molecule has 1 aromatic heterocycles. The molecule has 0 atom stereocenters. The Balaban J connectivity index is 2.23. The molecule has 5 heteroatoms. The summed E-state index contributed by atoms with van der Waals surface area (Å²) in [7, 11) is 1.62. The van der Waals surface area contributed by atoms with Crippen LogP contribution in [-0.2, 0) is 0 Å². The zero-order valence-electron chi connectivity index (χ0n) is 9.54. The predicted octanol–water partition coefficient (Wildman–Crippen LogP) is 1.97. The largest absolute Gasteiger partial charge is 0.508 e. The molecular formula is C12H12N2O3. The lowest BCUT2D eigenvalue weighted by Gasteiger charge is -2.14. The van der Waals surface area contributed by atoms with Gasteiger partial charge < -0.3 is 14.4 Å². The molecule has 1 aromatic carbocycles. The number of hydrogen-bond acceptors (Lipinski definition) is 4. The van der Waals surface area contributed by atoms with Crippen LogP contribution in [0.15, 0.2) is 34.9 Å². The number of aromatic hydroxyl groups is 1. The molecule has 0 aliphatic rings. The van der Waals surface area contributed by atoms with Gasteiger partial charge in [-0.1, -0.05) is 0 Å². The summed E-state index contributed by atoms with van der Waals surface area (Å²) in [5, 5.41) is 9.16. The summed E-state index contributed by atoms with van der Waals surface area (Å²) in [6, 6.07) is 6.31. The molecule has 0 fully saturated rings. The monoisotopic (exact) mass is 232 g/mol. The summed E-state index contributed by atoms with van der Waals surface area (Å²) in [6.07, 6.45) is 1.50. The number of oxazole rings is 1. The van der Waals surface area contributed by atoms with Crippen molar-refractivity contribution in [3.63, 3.8) is 0 Å². The highest BCUT2D eigenvalue weighted by Crippen LogP contribution is 2.18. The van der Waals surface area contributed by atoms with Gasteiger partial charge in [0.15, 0.2) is 0 Å². The van der Waals surface area contributed by atoms with Gasteiger partial charge in [0.05, 0.1) is 6.20 Å². The number of phenols is 1. The van der Waals surface area contributed by atoms with Gasteiger partial charge in [0.1, 0.15) is 11.5 Å². The maximum Gasteiger partial charge on any atom is 0.313 e. The molecule has 0 saturated heterocycles. The number of anilines is 1. The Hall–Kier alpha value is -2.30. The van der Waals surface area contributed by atoms with E-state index < -0.39 is 0 Å². The minimum absolute atomic E-state index is 0.0538. The Kier molecular flexibility index (Phi) is 2.82. The Bertz CT molecular complexity index is 531. The van der Waals surface area contributed by atoms with Crippen molar-refractivity contribution in [2.45, 2.75) is 6.92 Å². The van der Waals surface area contributed by atoms with Crippen molar-refractivity contribution in [1.82, 2.24) is 4.98 Å². The van der Waals surface area contributed by atoms with Crippen LogP contribution in [0.25, 0.3) is 0 Å². The lowest BCUT2D eigenvalue weighted by atomic mass is 10.3. The van der Waals surface area contributed by atoms with E-state index in [-0.39, 0.29) is 17.5 Å². The first-order valence-corrected chi connectivity index (χ1v) is 5.07. The minimum atomic E-state index is -0.330. The first-order valence-electron chi connectivity index (χ1n) is 5.07. The van der Waals surface area contributed by atoms with Gasteiger partial charge in [-0.3, -0.25) is 4.79 Å². The average molecular weight is 232 g/mol. The molecule has 2 rings (SSSR count). The number of rotatable bonds is 2. The van der Waals surface area contributed by atoms with Crippen molar-refractivity contribution in [3.8, 4) is 5.75 Å². The van der Waals surface area contributed by atoms with E-state index in [0.29, 0.717) is 11.4 Å². The van der Waals surface area contributed by atoms with Crippen LogP contribution in [0.3, 0.4) is 0 Å². The molecule has 0 aliphatic carbocycles. The molecule has 88 valence electrons. The maximum atomic E-state index is 12.0. The summed E-state index contributed by atoms with van der Waals surface area (Å²) in [5.74, 6) is 0.468. The molecular weight excluding hydrogens is 220 g/mol. The number of carbonyl (C=O) groups excluding carboxylic acids is 1. The third kappa shape index (κ3) is 2.28. The van der Waals surface area contributed by atoms with Gasteiger partial charge in [0, 0.05) is 12.7 Å². The van der Waals surface area contributed by atoms with Gasteiger partial charge in [0.2, 0.25) is 0 Å². The SMILES string of the molecule is Cc1cnc(C(=O)N(C)c2ccc(O)cc2)o1. The van der Waals surface area contributed by atoms with Crippen molar-refractivity contribution in [1.29, 1.82) is 0 Å². The smallest absolute Gasteiger partial charge is 0.313 e. The molecule has 0 aliphatic heterocycles. The third-order valence-corrected chi connectivity index (χ3v) is 2.35. The van der Waals surface area contributed by atoms with Gasteiger partial charge in [-0.25, -0.2) is 4.98 Å². The molecule has 0 unspecified atom stereocenters. The number of amides is 1. The molecule has 0 bridgehead atoms. The molecule has 0 saturated carbocycles. The van der Waals surface area contributed by atoms with E-state index in [4.69, 9.17) is 9.52 Å². The highest BCUT2D eigenvalue weighted by Gasteiger charge is 2.18. The Morgan fingerprint density at radius 3 is 2.53 bits per heavy atom. The highest BCUT2D eigenvalue weighted by atomic mass is 16.4. The van der Waals surface area contributed by atoms with E-state index in [1.54, 1.807) is 26.1 Å². The number of aromatic nitrogens is 1. The van der Waals surface area contributed by atoms with Crippen LogP contribution in [0, 0.1) is 6.92 Å². The van der Waals surface area contributed by atoms with E-state index >= 15 is 0 Å². The van der Waals surface area contributed by atoms with Crippen molar-refractivity contribution in [3.05, 3.63) is 42.1 Å². The van der Waals surface area contributed by atoms with Gasteiger partial charge in [0.25, 0.3) is 5.89 Å². The second-order valence-corrected chi connectivity index (χ2v) is 3.66. The summed E-state index contributed by atoms with van der Waals surface area (Å²) >= 11 is 0. The van der Waals surface area contributed by atoms with Crippen LogP contribution < -0.4 is 4.90 Å². The number of benzene rings is 1. The molecule has 5 nitrogen and oxygen atoms in total. The normalized spacial score (nSPS) is 10.2. The first-order chi connectivity index (χ1) is 8.08. The van der Waals surface area contributed by atoms with E-state index in [2.05, 4.69) is 4.98 Å². The second kappa shape index (κ2) is 4.29. The molecule has 1 amide bonds. The summed E-state index contributed by atoms with van der Waals surface area (Å²) in [6.45, 7) is 1.73. The number of carbonyl (C=O) groups is 1. The molecule has 1 N–H and O–H groups in total. The number of aryl methyl sites for hydroxylation is 1. The number of hydrogen-bond donors (Lipinski definition) is 1. The fraction of sp³-hybridized carbons (Fsp3) is 0.167. The van der Waals surface area contributed by atoms with Crippen molar-refractivity contribution in [2.24, 2.45) is 0 Å². The van der Waals surface area contributed by atoms with Crippen molar-refractivity contribution >= 4 is 11.6 Å². The second-order valence-electron chi connectivity index (χ2n) is 3.66. The zero-order chi connectivity index (χ0) is 12.4. The lowest BCUT2D eigenvalue weighted by Crippen LogP contribution is -2.26. The van der Waals surface area contributed by atoms with Gasteiger partial charge in [-0.2, -0.15) is 0 Å². The van der Waals surface area contributed by atoms with Gasteiger partial charge in [-0.15, -0.1) is 0 Å². The van der Waals surface area contributed by atoms with Crippen LogP contribution in [0.4, 0.5) is 5.69 Å². The predicted molar refractivity (Wildman–Crippen MR) is 62.1 cm³/mol. The fourth-order valence-electron chi connectivity index (χ4n) is 1.39. The van der Waals surface area contributed by atoms with Crippen LogP contribution >= 0.6 is 0 Å². The zero-order valence-corrected chi connectivity index (χ0v) is 9.54. The third-order valence-electron chi connectivity index (χ3n) is 2.35. The molecule has 0 radical (unpaired) electrons. The number of phenolic OH excluding ortho intramolecular Hbond substituents is 1. The number of nitrogens with zero attached hydrogens (tertiary/aromatic N) is 2. The first kappa shape index (κ1) is 11.2. The minimum Gasteiger partial charge on any atom is -0.508 e. The Labute approximate surface area is 98.3 Å². The van der Waals surface area contributed by atoms with Crippen molar-refractivity contribution in [2.75, 3.05) is 11.9 Å². The van der Waals surface area contributed by atoms with Gasteiger partial charge in [-0.05, 0) is 31.2 Å². The van der Waals surface area contributed by atoms with Crippen LogP contribution in [-0.4, -0.2) is 23.0 Å². The van der Waals surface area contributed by atoms with Crippen LogP contribution in [0.1, 0.15) is 16.4 Å². The van der Waals surface area contributed by atoms with E-state index in [1.807, 2.05) is 0 Å². The molecule has 2 aromatic rings. The summed E-state index contributed by atoms with van der Waals surface area (Å²) in [4.78, 5) is 17.2. The topological polar surface area (TPSA) is 66.6 Å². The van der Waals surface area contributed by atoms with Crippen LogP contribution in [0.2, 0.25) is 0 Å². The van der Waals surface area contributed by atoms with Crippen molar-refractivity contribution < 1.29 is 14.3 Å². The molecule has 0 spiro atoms. The van der Waals surface area contributed by atoms with E-state index in [0.717, 1.165) is 0 Å². The maximum absolute atomic E-state index is 12.0. The molecule has 1 heterocycles. The summed E-state index contributed by atoms with van der Waals surface area (Å²) in [5.41, 5.74) is 0.656. The Morgan fingerprint density at radius 2 is 2.00 bits per heavy atom. The van der Waals surface area contributed by atoms with E-state index in [9.17, 15) is 4.79 Å². The average Bonchev–Trinajstić information content (AvgIpc) is 2.75. The van der Waals surface area contributed by atoms with Gasteiger partial charge >= 0.3 is 5.91 Å². The standard InChI is InChI=1S/C12H12N2O3/c1-8-7-13-11(17-8)12(16)14(2)9-3-5-10(15)6-4-9/h3-7,15H,1-2H3.